The molecule has 7 nitrogen and oxygen atoms in total. The molecular formula is C33H24N4O3S3. The van der Waals surface area contributed by atoms with Crippen molar-refractivity contribution in [2.75, 3.05) is 16.4 Å². The van der Waals surface area contributed by atoms with Gasteiger partial charge >= 0.3 is 0 Å². The second-order valence-electron chi connectivity index (χ2n) is 9.08. The molecule has 10 heteroatoms. The average molecular weight is 621 g/mol. The van der Waals surface area contributed by atoms with Crippen LogP contribution < -0.4 is 16.0 Å². The van der Waals surface area contributed by atoms with Crippen LogP contribution in [0.25, 0.3) is 17.2 Å². The highest BCUT2D eigenvalue weighted by molar-refractivity contribution is 8.00. The number of carbonyl (C=O) groups excluding carboxylic acids is 3. The van der Waals surface area contributed by atoms with E-state index in [1.807, 2.05) is 64.7 Å². The van der Waals surface area contributed by atoms with Crippen LogP contribution in [0.4, 0.5) is 10.7 Å². The van der Waals surface area contributed by atoms with Gasteiger partial charge in [-0.25, -0.2) is 0 Å². The minimum Gasteiger partial charge on any atom is -0.321 e. The van der Waals surface area contributed by atoms with Crippen molar-refractivity contribution in [2.45, 2.75) is 4.90 Å². The van der Waals surface area contributed by atoms with Gasteiger partial charge in [0.25, 0.3) is 11.8 Å². The number of hydrogen-bond donors (Lipinski definition) is 3. The number of carbonyl (C=O) groups is 3. The summed E-state index contributed by atoms with van der Waals surface area (Å²) in [5, 5.41) is 24.3. The number of thioether (sulfide) groups is 1. The summed E-state index contributed by atoms with van der Waals surface area (Å²) >= 11 is 4.10. The second kappa shape index (κ2) is 14.3. The summed E-state index contributed by atoms with van der Waals surface area (Å²) in [5.74, 6) is -1.01. The highest BCUT2D eigenvalue weighted by Crippen LogP contribution is 2.35. The van der Waals surface area contributed by atoms with E-state index in [1.165, 1.54) is 34.4 Å². The molecule has 2 heterocycles. The molecule has 0 spiro atoms. The van der Waals surface area contributed by atoms with Gasteiger partial charge in [0.2, 0.25) is 5.91 Å². The zero-order chi connectivity index (χ0) is 30.0. The summed E-state index contributed by atoms with van der Waals surface area (Å²) < 4.78 is 0. The van der Waals surface area contributed by atoms with Crippen LogP contribution in [0.1, 0.15) is 21.5 Å². The highest BCUT2D eigenvalue weighted by atomic mass is 32.2. The Kier molecular flexibility index (Phi) is 9.82. The molecule has 3 aromatic carbocycles. The lowest BCUT2D eigenvalue weighted by molar-refractivity contribution is -0.114. The van der Waals surface area contributed by atoms with E-state index >= 15 is 0 Å². The smallest absolute Gasteiger partial charge is 0.272 e. The molecule has 0 bridgehead atoms. The van der Waals surface area contributed by atoms with Gasteiger partial charge in [-0.05, 0) is 64.4 Å². The molecule has 3 N–H and O–H groups in total. The van der Waals surface area contributed by atoms with Gasteiger partial charge in [-0.1, -0.05) is 54.6 Å². The normalized spacial score (nSPS) is 10.9. The molecule has 5 rings (SSSR count). The summed E-state index contributed by atoms with van der Waals surface area (Å²) in [6.45, 7) is 0. The Balaban J connectivity index is 1.23. The molecule has 0 aliphatic heterocycles. The summed E-state index contributed by atoms with van der Waals surface area (Å²) in [7, 11) is 0. The number of thiophene rings is 2. The number of benzene rings is 3. The third-order valence-corrected chi connectivity index (χ3v) is 8.68. The number of anilines is 2. The first-order chi connectivity index (χ1) is 21.0. The maximum atomic E-state index is 13.3. The van der Waals surface area contributed by atoms with Crippen molar-refractivity contribution < 1.29 is 14.4 Å². The monoisotopic (exact) mass is 620 g/mol. The van der Waals surface area contributed by atoms with Crippen LogP contribution in [0.5, 0.6) is 0 Å². The predicted octanol–water partition coefficient (Wildman–Crippen LogP) is 7.49. The van der Waals surface area contributed by atoms with Gasteiger partial charge in [-0.15, -0.1) is 23.1 Å². The Bertz CT molecular complexity index is 1810. The molecule has 0 unspecified atom stereocenters. The Morgan fingerprint density at radius 3 is 2.37 bits per heavy atom. The van der Waals surface area contributed by atoms with E-state index in [4.69, 9.17) is 0 Å². The number of nitrogens with zero attached hydrogens (tertiary/aromatic N) is 1. The predicted molar refractivity (Wildman–Crippen MR) is 175 cm³/mol. The third-order valence-electron chi connectivity index (χ3n) is 6.09. The number of nitriles is 1. The fraction of sp³-hybridized carbons (Fsp3) is 0.0303. The summed E-state index contributed by atoms with van der Waals surface area (Å²) in [5.41, 5.74) is 3.97. The van der Waals surface area contributed by atoms with Gasteiger partial charge in [0.1, 0.15) is 16.8 Å². The van der Waals surface area contributed by atoms with Crippen LogP contribution in [0.2, 0.25) is 0 Å². The van der Waals surface area contributed by atoms with Crippen LogP contribution in [-0.2, 0) is 9.59 Å². The number of nitrogens with one attached hydrogen (secondary N) is 3. The van der Waals surface area contributed by atoms with Crippen LogP contribution in [0.15, 0.2) is 118 Å². The van der Waals surface area contributed by atoms with E-state index in [2.05, 4.69) is 22.0 Å². The summed E-state index contributed by atoms with van der Waals surface area (Å²) in [4.78, 5) is 39.6. The van der Waals surface area contributed by atoms with Gasteiger partial charge in [0.15, 0.2) is 0 Å². The molecule has 0 aliphatic carbocycles. The standard InChI is InChI=1S/C33H24N4O3S3/c34-18-27-28(23-8-3-1-4-9-23)20-43-33(27)37-30(38)21-42-26-13-7-12-25(17-26)35-32(40)29(16-22-14-15-41-19-22)36-31(39)24-10-5-2-6-11-24/h1-17,19-20H,21H2,(H,35,40)(H,36,39)(H,37,38)/b29-16-. The summed E-state index contributed by atoms with van der Waals surface area (Å²) in [6, 6.07) is 29.4. The van der Waals surface area contributed by atoms with E-state index in [9.17, 15) is 19.6 Å². The SMILES string of the molecule is N#Cc1c(-c2ccccc2)csc1NC(=O)CSc1cccc(NC(=O)/C(=C/c2ccsc2)NC(=O)c2ccccc2)c1. The van der Waals surface area contributed by atoms with Crippen molar-refractivity contribution in [3.8, 4) is 17.2 Å². The maximum absolute atomic E-state index is 13.3. The second-order valence-corrected chi connectivity index (χ2v) is 11.8. The molecule has 0 radical (unpaired) electrons. The number of amides is 3. The van der Waals surface area contributed by atoms with Crippen molar-refractivity contribution in [2.24, 2.45) is 0 Å². The fourth-order valence-electron chi connectivity index (χ4n) is 4.03. The van der Waals surface area contributed by atoms with Crippen LogP contribution in [0, 0.1) is 11.3 Å². The lowest BCUT2D eigenvalue weighted by Crippen LogP contribution is -2.30. The van der Waals surface area contributed by atoms with Gasteiger partial charge in [-0.3, -0.25) is 14.4 Å². The Morgan fingerprint density at radius 2 is 1.65 bits per heavy atom. The van der Waals surface area contributed by atoms with E-state index in [0.717, 1.165) is 21.6 Å². The molecule has 0 aliphatic rings. The van der Waals surface area contributed by atoms with Gasteiger partial charge in [0.05, 0.1) is 11.3 Å². The van der Waals surface area contributed by atoms with Gasteiger partial charge in [-0.2, -0.15) is 16.6 Å². The van der Waals surface area contributed by atoms with E-state index in [1.54, 1.807) is 48.5 Å². The first kappa shape index (κ1) is 29.5. The minimum atomic E-state index is -0.480. The number of rotatable bonds is 10. The van der Waals surface area contributed by atoms with Crippen molar-refractivity contribution in [1.29, 1.82) is 5.26 Å². The van der Waals surface area contributed by atoms with Crippen molar-refractivity contribution in [3.05, 3.63) is 130 Å². The molecule has 0 atom stereocenters. The van der Waals surface area contributed by atoms with Gasteiger partial charge < -0.3 is 16.0 Å². The largest absolute Gasteiger partial charge is 0.321 e. The molecule has 5 aromatic rings. The lowest BCUT2D eigenvalue weighted by atomic mass is 10.1. The van der Waals surface area contributed by atoms with E-state index in [0.29, 0.717) is 21.8 Å². The first-order valence-electron chi connectivity index (χ1n) is 13.0. The Labute approximate surface area is 260 Å². The van der Waals surface area contributed by atoms with E-state index in [-0.39, 0.29) is 17.4 Å². The van der Waals surface area contributed by atoms with Crippen molar-refractivity contribution in [3.63, 3.8) is 0 Å². The molecule has 3 amide bonds. The zero-order valence-corrected chi connectivity index (χ0v) is 25.0. The van der Waals surface area contributed by atoms with Gasteiger partial charge in [0, 0.05) is 27.1 Å². The Hall–Kier alpha value is -4.95. The molecule has 0 fully saturated rings. The fourth-order valence-corrected chi connectivity index (χ4v) is 6.34. The van der Waals surface area contributed by atoms with E-state index < -0.39 is 11.8 Å². The minimum absolute atomic E-state index is 0.101. The van der Waals surface area contributed by atoms with Crippen molar-refractivity contribution in [1.82, 2.24) is 5.32 Å². The maximum Gasteiger partial charge on any atom is 0.272 e. The third kappa shape index (κ3) is 7.87. The van der Waals surface area contributed by atoms with Crippen LogP contribution in [0.3, 0.4) is 0 Å². The topological polar surface area (TPSA) is 111 Å². The van der Waals surface area contributed by atoms with Crippen molar-refractivity contribution >= 4 is 68.9 Å². The highest BCUT2D eigenvalue weighted by Gasteiger charge is 2.17. The lowest BCUT2D eigenvalue weighted by Gasteiger charge is -2.12. The Morgan fingerprint density at radius 1 is 0.884 bits per heavy atom. The van der Waals surface area contributed by atoms with Crippen LogP contribution >= 0.6 is 34.4 Å². The average Bonchev–Trinajstić information content (AvgIpc) is 3.70. The zero-order valence-electron chi connectivity index (χ0n) is 22.6. The first-order valence-corrected chi connectivity index (χ1v) is 15.8. The molecule has 0 saturated carbocycles. The molecule has 2 aromatic heterocycles. The summed E-state index contributed by atoms with van der Waals surface area (Å²) in [6.07, 6.45) is 1.62. The van der Waals surface area contributed by atoms with Crippen LogP contribution in [-0.4, -0.2) is 23.5 Å². The quantitative estimate of drug-likeness (QED) is 0.111. The number of hydrogen-bond acceptors (Lipinski definition) is 7. The molecular weight excluding hydrogens is 597 g/mol. The molecule has 0 saturated heterocycles. The molecule has 43 heavy (non-hydrogen) atoms. The molecule has 212 valence electrons.